The van der Waals surface area contributed by atoms with Crippen molar-refractivity contribution in [3.05, 3.63) is 94.2 Å². The van der Waals surface area contributed by atoms with Crippen molar-refractivity contribution in [3.8, 4) is 0 Å². The number of carboxylic acids is 1. The smallest absolute Gasteiger partial charge is 0.329 e. The van der Waals surface area contributed by atoms with Gasteiger partial charge in [-0.25, -0.2) is 9.86 Å². The fraction of sp³-hybridized carbons (Fsp3) is 0.766. The predicted molar refractivity (Wildman–Crippen MR) is 393 cm³/mol. The molecule has 6 rings (SSSR count). The van der Waals surface area contributed by atoms with Crippen LogP contribution in [-0.2, 0) is 36.9 Å². The topological polar surface area (TPSA) is 113 Å². The van der Waals surface area contributed by atoms with Crippen LogP contribution in [0.2, 0.25) is 72.5 Å². The Hall–Kier alpha value is -2.51. The first-order chi connectivity index (χ1) is 41.6. The summed E-state index contributed by atoms with van der Waals surface area (Å²) < 4.78 is 33.9. The quantitative estimate of drug-likeness (QED) is 0.0643. The molecule has 0 spiro atoms. The lowest BCUT2D eigenvalue weighted by molar-refractivity contribution is -0.214. The molecule has 0 bridgehead atoms. The van der Waals surface area contributed by atoms with E-state index in [2.05, 4.69) is 220 Å². The number of amides is 1. The van der Waals surface area contributed by atoms with Crippen LogP contribution in [-0.4, -0.2) is 105 Å². The highest BCUT2D eigenvalue weighted by atomic mass is 28.4. The molecule has 1 amide bonds. The molecule has 1 N–H and O–H groups in total. The van der Waals surface area contributed by atoms with Crippen LogP contribution in [0, 0.1) is 22.7 Å². The fourth-order valence-corrected chi connectivity index (χ4v) is 19.8. The van der Waals surface area contributed by atoms with Crippen LogP contribution in [0.4, 0.5) is 0 Å². The van der Waals surface area contributed by atoms with Gasteiger partial charge >= 0.3 is 5.97 Å². The third-order valence-corrected chi connectivity index (χ3v) is 42.2. The standard InChI is InChI=1S/C42H75NO4Si2.C35H60O5Si2/c1-17-20-35(21-18-2)43(32(5)44)45-31(4)37-25-26-38-33(22-19-27-42(37,38)12)23-24-34-28-36(46-48(13,14)40(6,7)8)29-39(30(34)3)47-49(15,16)41(9,10)11;1-24-27(17-16-26-15-14-20-35(9)29(18-19-30(26)35)25(2)38-23-32(36)37)21-28(39-41(10,11)33(3,4)5)22-31(24)40-42(12,13)34(6,7)8/h23-25,31,35-36,38-39H,3,17-22,26-29H2,1-2,4-16H3;16-18,25,28,30-31H,1,14-15,19-23H2,2-13H3,(H,36,37)/t31-,36+,38?,39-,42+;25-,28+,30?,31-,35+/m00/s1. The average Bonchev–Trinajstić information content (AvgIpc) is 1.67. The van der Waals surface area contributed by atoms with Gasteiger partial charge in [0, 0.05) is 19.8 Å². The number of carbonyl (C=O) groups is 2. The maximum atomic E-state index is 12.8. The Morgan fingerprint density at radius 1 is 0.604 bits per heavy atom. The molecule has 10 nitrogen and oxygen atoms in total. The number of carbonyl (C=O) groups excluding carboxylic acids is 1. The molecule has 0 aromatic carbocycles. The number of aliphatic carboxylic acids is 1. The second-order valence-electron chi connectivity index (χ2n) is 35.1. The number of hydroxylamine groups is 2. The highest BCUT2D eigenvalue weighted by molar-refractivity contribution is 6.75. The van der Waals surface area contributed by atoms with E-state index >= 15 is 0 Å². The monoisotopic (exact) mass is 1330 g/mol. The Kier molecular flexibility index (Phi) is 26.5. The molecule has 0 radical (unpaired) electrons. The second kappa shape index (κ2) is 30.5. The van der Waals surface area contributed by atoms with E-state index in [1.165, 1.54) is 33.4 Å². The summed E-state index contributed by atoms with van der Waals surface area (Å²) in [6, 6.07) is 0.131. The molecule has 10 atom stereocenters. The lowest BCUT2D eigenvalue weighted by Crippen LogP contribution is -2.49. The zero-order chi connectivity index (χ0) is 69.1. The maximum absolute atomic E-state index is 12.8. The summed E-state index contributed by atoms with van der Waals surface area (Å²) in [4.78, 5) is 30.5. The molecule has 14 heteroatoms. The summed E-state index contributed by atoms with van der Waals surface area (Å²) in [5.41, 5.74) is 10.5. The summed E-state index contributed by atoms with van der Waals surface area (Å²) in [5, 5.41) is 11.4. The van der Waals surface area contributed by atoms with Crippen molar-refractivity contribution >= 4 is 45.1 Å². The number of carboxylic acid groups (broad SMARTS) is 1. The first-order valence-electron chi connectivity index (χ1n) is 35.7. The lowest BCUT2D eigenvalue weighted by Gasteiger charge is -2.45. The molecule has 0 aromatic heterocycles. The van der Waals surface area contributed by atoms with Crippen molar-refractivity contribution < 1.29 is 42.0 Å². The van der Waals surface area contributed by atoms with Gasteiger partial charge in [0.05, 0.1) is 36.6 Å². The molecule has 4 saturated carbocycles. The Labute approximate surface area is 561 Å². The van der Waals surface area contributed by atoms with Crippen LogP contribution in [0.15, 0.2) is 94.2 Å². The lowest BCUT2D eigenvalue weighted by atomic mass is 9.63. The normalized spacial score (nSPS) is 29.1. The molecular formula is C77H135NO9Si4. The van der Waals surface area contributed by atoms with Crippen LogP contribution in [0.3, 0.4) is 0 Å². The zero-order valence-electron chi connectivity index (χ0n) is 63.3. The molecule has 0 aliphatic heterocycles. The van der Waals surface area contributed by atoms with Crippen LogP contribution in [0.5, 0.6) is 0 Å². The van der Waals surface area contributed by atoms with Crippen molar-refractivity contribution in [2.75, 3.05) is 6.61 Å². The number of fused-ring (bicyclic) bond motifs is 2. The number of allylic oxidation sites excluding steroid dienone is 8. The average molecular weight is 1330 g/mol. The van der Waals surface area contributed by atoms with Gasteiger partial charge in [0.2, 0.25) is 5.91 Å². The minimum absolute atomic E-state index is 0.00599. The molecule has 4 fully saturated rings. The maximum Gasteiger partial charge on any atom is 0.329 e. The Morgan fingerprint density at radius 2 is 0.956 bits per heavy atom. The molecule has 0 aromatic rings. The minimum atomic E-state index is -2.02. The molecule has 518 valence electrons. The third kappa shape index (κ3) is 19.2. The predicted octanol–water partition coefficient (Wildman–Crippen LogP) is 21.8. The summed E-state index contributed by atoms with van der Waals surface area (Å²) in [6.45, 7) is 70.6. The van der Waals surface area contributed by atoms with Crippen molar-refractivity contribution in [1.29, 1.82) is 0 Å². The highest BCUT2D eigenvalue weighted by Crippen LogP contribution is 2.58. The van der Waals surface area contributed by atoms with Crippen LogP contribution >= 0.6 is 0 Å². The third-order valence-electron chi connectivity index (χ3n) is 24.2. The zero-order valence-corrected chi connectivity index (χ0v) is 67.3. The molecule has 0 heterocycles. The number of hydrogen-bond donors (Lipinski definition) is 1. The van der Waals surface area contributed by atoms with Crippen molar-refractivity contribution in [1.82, 2.24) is 5.06 Å². The summed E-state index contributed by atoms with van der Waals surface area (Å²) in [6.07, 6.45) is 30.4. The van der Waals surface area contributed by atoms with E-state index in [9.17, 15) is 9.59 Å². The Bertz CT molecular complexity index is 2750. The number of rotatable bonds is 22. The van der Waals surface area contributed by atoms with Gasteiger partial charge in [-0.15, -0.1) is 0 Å². The second-order valence-corrected chi connectivity index (χ2v) is 54.2. The summed E-state index contributed by atoms with van der Waals surface area (Å²) in [7, 11) is -7.95. The van der Waals surface area contributed by atoms with Crippen LogP contribution in [0.25, 0.3) is 0 Å². The molecule has 91 heavy (non-hydrogen) atoms. The number of ether oxygens (including phenoxy) is 1. The minimum Gasteiger partial charge on any atom is -0.480 e. The van der Waals surface area contributed by atoms with E-state index < -0.39 is 39.2 Å². The Balaban J connectivity index is 0.000000334. The number of hydrogen-bond acceptors (Lipinski definition) is 8. The fourth-order valence-electron chi connectivity index (χ4n) is 14.5. The van der Waals surface area contributed by atoms with Crippen molar-refractivity contribution in [2.45, 2.75) is 349 Å². The van der Waals surface area contributed by atoms with Crippen LogP contribution < -0.4 is 0 Å². The Morgan fingerprint density at radius 3 is 1.29 bits per heavy atom. The van der Waals surface area contributed by atoms with E-state index in [0.717, 1.165) is 114 Å². The first-order valence-corrected chi connectivity index (χ1v) is 47.3. The summed E-state index contributed by atoms with van der Waals surface area (Å²) >= 11 is 0. The van der Waals surface area contributed by atoms with Gasteiger partial charge in [0.15, 0.2) is 33.3 Å². The van der Waals surface area contributed by atoms with Gasteiger partial charge in [0.25, 0.3) is 0 Å². The van der Waals surface area contributed by atoms with Crippen molar-refractivity contribution in [3.63, 3.8) is 0 Å². The van der Waals surface area contributed by atoms with Gasteiger partial charge in [-0.1, -0.05) is 184 Å². The molecular weight excluding hydrogens is 1200 g/mol. The van der Waals surface area contributed by atoms with E-state index in [4.69, 9.17) is 32.4 Å². The summed E-state index contributed by atoms with van der Waals surface area (Å²) in [5.74, 6) is -0.0431. The van der Waals surface area contributed by atoms with Gasteiger partial charge in [-0.2, -0.15) is 0 Å². The van der Waals surface area contributed by atoms with Gasteiger partial charge in [-0.3, -0.25) is 9.63 Å². The molecule has 0 saturated heterocycles. The molecule has 6 aliphatic rings. The van der Waals surface area contributed by atoms with E-state index in [0.29, 0.717) is 11.8 Å². The first kappa shape index (κ1) is 79.2. The van der Waals surface area contributed by atoms with E-state index in [1.807, 2.05) is 6.92 Å². The van der Waals surface area contributed by atoms with E-state index in [-0.39, 0.29) is 86.2 Å². The van der Waals surface area contributed by atoms with Gasteiger partial charge in [-0.05, 0) is 220 Å². The van der Waals surface area contributed by atoms with Gasteiger partial charge in [0.1, 0.15) is 12.7 Å². The van der Waals surface area contributed by atoms with Gasteiger partial charge < -0.3 is 27.5 Å². The molecule has 2 unspecified atom stereocenters. The highest BCUT2D eigenvalue weighted by Gasteiger charge is 2.51. The van der Waals surface area contributed by atoms with Crippen molar-refractivity contribution in [2.24, 2.45) is 22.7 Å². The largest absolute Gasteiger partial charge is 0.480 e. The number of nitrogens with zero attached hydrogens (tertiary/aromatic N) is 1. The molecule has 6 aliphatic carbocycles. The van der Waals surface area contributed by atoms with Crippen LogP contribution in [0.1, 0.15) is 234 Å². The SMILES string of the molecule is C=C1C(=CC=C2CCC[C@]3(C)C([C@H](C)OCC(=O)O)=CCC23)C[C@@H](O[Si](C)(C)C(C)(C)C)C[C@@H]1O[Si](C)(C)C(C)(C)C.C=C1C(=CC=C2CCC[C@]3(C)C([C@H](C)ON(C(C)=O)C(CCC)CCC)=CCC23)C[C@@H](O[Si](C)(C)C(C)(C)C)C[C@@H]1O[Si](C)(C)C(C)(C)C. The van der Waals surface area contributed by atoms with E-state index in [1.54, 1.807) is 12.0 Å².